The lowest BCUT2D eigenvalue weighted by Gasteiger charge is -2.13. The Hall–Kier alpha value is -4.33. The van der Waals surface area contributed by atoms with Crippen LogP contribution in [0.3, 0.4) is 0 Å². The predicted molar refractivity (Wildman–Crippen MR) is 107 cm³/mol. The smallest absolute Gasteiger partial charge is 0.379 e. The maximum absolute atomic E-state index is 12.7. The van der Waals surface area contributed by atoms with Crippen LogP contribution in [-0.2, 0) is 9.59 Å². The number of carbonyl (C=O) groups is 3. The van der Waals surface area contributed by atoms with Crippen molar-refractivity contribution in [2.75, 3.05) is 12.1 Å². The molecule has 1 saturated heterocycles. The van der Waals surface area contributed by atoms with Gasteiger partial charge in [0.1, 0.15) is 5.57 Å². The van der Waals surface area contributed by atoms with E-state index in [1.165, 1.54) is 36.6 Å². The molecule has 8 heteroatoms. The number of hydrogen-bond donors (Lipinski definition) is 1. The van der Waals surface area contributed by atoms with Gasteiger partial charge in [0.25, 0.3) is 11.8 Å². The summed E-state index contributed by atoms with van der Waals surface area (Å²) >= 11 is 0. The summed E-state index contributed by atoms with van der Waals surface area (Å²) in [6.07, 6.45) is 2.81. The average Bonchev–Trinajstić information content (AvgIpc) is 3.40. The van der Waals surface area contributed by atoms with Crippen molar-refractivity contribution in [2.45, 2.75) is 0 Å². The Bertz CT molecular complexity index is 1140. The first kappa shape index (κ1) is 19.0. The number of esters is 1. The molecule has 2 aromatic carbocycles. The Morgan fingerprint density at radius 1 is 1.03 bits per heavy atom. The van der Waals surface area contributed by atoms with Gasteiger partial charge in [-0.3, -0.25) is 15.0 Å². The molecule has 1 fully saturated rings. The lowest BCUT2D eigenvalue weighted by molar-refractivity contribution is -0.117. The van der Waals surface area contributed by atoms with Gasteiger partial charge >= 0.3 is 5.97 Å². The second kappa shape index (κ2) is 7.96. The van der Waals surface area contributed by atoms with E-state index >= 15 is 0 Å². The second-order valence-electron chi connectivity index (χ2n) is 6.25. The van der Waals surface area contributed by atoms with Crippen molar-refractivity contribution in [1.82, 2.24) is 5.43 Å². The standard InChI is InChI=1S/C22H16N2O6/c1-28-19-13-14(9-10-17(19)30-22(27)18-8-5-11-29-18)12-16-20(25)23-24(21(16)26)15-6-3-2-4-7-15/h2-13H,1H3,(H,23,25). The number of carbonyl (C=O) groups excluding carboxylic acids is 3. The van der Waals surface area contributed by atoms with Crippen molar-refractivity contribution in [3.63, 3.8) is 0 Å². The highest BCUT2D eigenvalue weighted by molar-refractivity contribution is 6.31. The minimum Gasteiger partial charge on any atom is -0.493 e. The quantitative estimate of drug-likeness (QED) is 0.304. The number of methoxy groups -OCH3 is 1. The number of nitrogens with one attached hydrogen (secondary N) is 1. The summed E-state index contributed by atoms with van der Waals surface area (Å²) in [7, 11) is 1.42. The third-order valence-corrected chi connectivity index (χ3v) is 4.33. The number of hydrazine groups is 1. The van der Waals surface area contributed by atoms with E-state index in [0.717, 1.165) is 0 Å². The van der Waals surface area contributed by atoms with Gasteiger partial charge in [-0.15, -0.1) is 0 Å². The Morgan fingerprint density at radius 3 is 2.53 bits per heavy atom. The summed E-state index contributed by atoms with van der Waals surface area (Å²) < 4.78 is 15.6. The van der Waals surface area contributed by atoms with Crippen molar-refractivity contribution in [3.05, 3.63) is 83.8 Å². The van der Waals surface area contributed by atoms with E-state index in [1.54, 1.807) is 42.5 Å². The molecule has 1 aliphatic heterocycles. The molecule has 30 heavy (non-hydrogen) atoms. The zero-order valence-electron chi connectivity index (χ0n) is 15.8. The molecule has 0 bridgehead atoms. The summed E-state index contributed by atoms with van der Waals surface area (Å²) in [6.45, 7) is 0. The van der Waals surface area contributed by atoms with Crippen LogP contribution in [0.4, 0.5) is 5.69 Å². The van der Waals surface area contributed by atoms with Crippen LogP contribution >= 0.6 is 0 Å². The number of para-hydroxylation sites is 1. The highest BCUT2D eigenvalue weighted by atomic mass is 16.6. The molecule has 0 unspecified atom stereocenters. The fraction of sp³-hybridized carbons (Fsp3) is 0.0455. The molecule has 2 amide bonds. The summed E-state index contributed by atoms with van der Waals surface area (Å²) in [6, 6.07) is 16.5. The van der Waals surface area contributed by atoms with E-state index in [2.05, 4.69) is 5.43 Å². The Morgan fingerprint density at radius 2 is 1.83 bits per heavy atom. The third-order valence-electron chi connectivity index (χ3n) is 4.33. The lowest BCUT2D eigenvalue weighted by Crippen LogP contribution is -2.35. The first-order chi connectivity index (χ1) is 14.6. The molecule has 150 valence electrons. The fourth-order valence-electron chi connectivity index (χ4n) is 2.89. The molecule has 0 radical (unpaired) electrons. The van der Waals surface area contributed by atoms with Crippen molar-refractivity contribution in [1.29, 1.82) is 0 Å². The van der Waals surface area contributed by atoms with Crippen LogP contribution in [0.15, 0.2) is 76.9 Å². The largest absolute Gasteiger partial charge is 0.493 e. The molecule has 1 aliphatic rings. The monoisotopic (exact) mass is 404 g/mol. The Kier molecular flexibility index (Phi) is 5.04. The molecular weight excluding hydrogens is 388 g/mol. The summed E-state index contributed by atoms with van der Waals surface area (Å²) in [4.78, 5) is 37.1. The maximum atomic E-state index is 12.7. The van der Waals surface area contributed by atoms with Crippen LogP contribution in [-0.4, -0.2) is 24.9 Å². The molecule has 1 aromatic heterocycles. The first-order valence-electron chi connectivity index (χ1n) is 8.93. The van der Waals surface area contributed by atoms with Crippen LogP contribution in [0, 0.1) is 0 Å². The number of benzene rings is 2. The second-order valence-corrected chi connectivity index (χ2v) is 6.25. The molecular formula is C22H16N2O6. The number of hydrogen-bond acceptors (Lipinski definition) is 6. The normalized spacial score (nSPS) is 14.7. The van der Waals surface area contributed by atoms with Crippen LogP contribution in [0.25, 0.3) is 6.08 Å². The molecule has 3 aromatic rings. The zero-order valence-corrected chi connectivity index (χ0v) is 15.8. The number of rotatable bonds is 5. The van der Waals surface area contributed by atoms with Gasteiger partial charge in [0, 0.05) is 0 Å². The van der Waals surface area contributed by atoms with Crippen LogP contribution in [0.5, 0.6) is 11.5 Å². The van der Waals surface area contributed by atoms with E-state index in [1.807, 2.05) is 6.07 Å². The van der Waals surface area contributed by atoms with Gasteiger partial charge in [0.2, 0.25) is 5.76 Å². The van der Waals surface area contributed by atoms with Crippen molar-refractivity contribution < 1.29 is 28.3 Å². The summed E-state index contributed by atoms with van der Waals surface area (Å²) in [5, 5.41) is 1.19. The lowest BCUT2D eigenvalue weighted by atomic mass is 10.1. The van der Waals surface area contributed by atoms with Gasteiger partial charge < -0.3 is 13.9 Å². The number of nitrogens with zero attached hydrogens (tertiary/aromatic N) is 1. The highest BCUT2D eigenvalue weighted by Crippen LogP contribution is 2.30. The maximum Gasteiger partial charge on any atom is 0.379 e. The molecule has 0 aliphatic carbocycles. The number of anilines is 1. The van der Waals surface area contributed by atoms with E-state index in [9.17, 15) is 14.4 Å². The van der Waals surface area contributed by atoms with Crippen molar-refractivity contribution >= 4 is 29.5 Å². The molecule has 4 rings (SSSR count). The number of furan rings is 1. The molecule has 2 heterocycles. The third kappa shape index (κ3) is 3.66. The van der Waals surface area contributed by atoms with Crippen molar-refractivity contribution in [3.8, 4) is 11.5 Å². The molecule has 1 N–H and O–H groups in total. The van der Waals surface area contributed by atoms with Crippen LogP contribution in [0.1, 0.15) is 16.1 Å². The molecule has 0 saturated carbocycles. The first-order valence-corrected chi connectivity index (χ1v) is 8.93. The molecule has 8 nitrogen and oxygen atoms in total. The number of amides is 2. The molecule has 0 atom stereocenters. The van der Waals surface area contributed by atoms with Gasteiger partial charge in [-0.2, -0.15) is 0 Å². The Labute approximate surface area is 171 Å². The predicted octanol–water partition coefficient (Wildman–Crippen LogP) is 2.97. The van der Waals surface area contributed by atoms with E-state index < -0.39 is 17.8 Å². The van der Waals surface area contributed by atoms with Crippen LogP contribution < -0.4 is 19.9 Å². The number of ether oxygens (including phenoxy) is 2. The average molecular weight is 404 g/mol. The van der Waals surface area contributed by atoms with Gasteiger partial charge in [-0.05, 0) is 48.0 Å². The summed E-state index contributed by atoms with van der Waals surface area (Å²) in [5.41, 5.74) is 3.59. The summed E-state index contributed by atoms with van der Waals surface area (Å²) in [5.74, 6) is -1.18. The van der Waals surface area contributed by atoms with Crippen LogP contribution in [0.2, 0.25) is 0 Å². The topological polar surface area (TPSA) is 98.1 Å². The molecule has 0 spiro atoms. The fourth-order valence-corrected chi connectivity index (χ4v) is 2.89. The van der Waals surface area contributed by atoms with Gasteiger partial charge in [0.15, 0.2) is 11.5 Å². The van der Waals surface area contributed by atoms with Gasteiger partial charge in [-0.1, -0.05) is 24.3 Å². The minimum atomic E-state index is -0.673. The van der Waals surface area contributed by atoms with Gasteiger partial charge in [0.05, 0.1) is 19.1 Å². The minimum absolute atomic E-state index is 0.0266. The highest BCUT2D eigenvalue weighted by Gasteiger charge is 2.34. The van der Waals surface area contributed by atoms with E-state index in [0.29, 0.717) is 11.3 Å². The van der Waals surface area contributed by atoms with Crippen molar-refractivity contribution in [2.24, 2.45) is 0 Å². The SMILES string of the molecule is COc1cc(C=C2C(=O)NN(c3ccccc3)C2=O)ccc1OC(=O)c1ccco1. The van der Waals surface area contributed by atoms with Gasteiger partial charge in [-0.25, -0.2) is 9.80 Å². The van der Waals surface area contributed by atoms with E-state index in [4.69, 9.17) is 13.9 Å². The zero-order chi connectivity index (χ0) is 21.1. The Balaban J connectivity index is 1.58. The van der Waals surface area contributed by atoms with E-state index in [-0.39, 0.29) is 22.8 Å².